The van der Waals surface area contributed by atoms with E-state index in [0.717, 1.165) is 49.7 Å². The Labute approximate surface area is 121 Å². The second-order valence-electron chi connectivity index (χ2n) is 5.15. The first-order chi connectivity index (χ1) is 9.69. The Hall–Kier alpha value is -1.62. The summed E-state index contributed by atoms with van der Waals surface area (Å²) in [5, 5.41) is 8.05. The highest BCUT2D eigenvalue weighted by molar-refractivity contribution is 5.39. The number of nitrogens with zero attached hydrogens (tertiary/aromatic N) is 4. The van der Waals surface area contributed by atoms with Crippen LogP contribution in [0.15, 0.2) is 12.4 Å². The lowest BCUT2D eigenvalue weighted by atomic mass is 10.2. The van der Waals surface area contributed by atoms with Gasteiger partial charge in [-0.1, -0.05) is 13.8 Å². The molecule has 0 atom stereocenters. The van der Waals surface area contributed by atoms with Gasteiger partial charge < -0.3 is 5.32 Å². The van der Waals surface area contributed by atoms with Crippen molar-refractivity contribution >= 4 is 0 Å². The van der Waals surface area contributed by atoms with Crippen LogP contribution in [0.3, 0.4) is 0 Å². The number of hydrogen-bond acceptors (Lipinski definition) is 3. The molecule has 0 aliphatic rings. The Kier molecular flexibility index (Phi) is 4.95. The van der Waals surface area contributed by atoms with Crippen molar-refractivity contribution in [2.75, 3.05) is 6.54 Å². The van der Waals surface area contributed by atoms with Crippen molar-refractivity contribution in [3.63, 3.8) is 0 Å². The van der Waals surface area contributed by atoms with Crippen molar-refractivity contribution < 1.29 is 0 Å². The molecule has 2 heterocycles. The number of aryl methyl sites for hydroxylation is 3. The monoisotopic (exact) mass is 275 g/mol. The Morgan fingerprint density at radius 2 is 2.05 bits per heavy atom. The van der Waals surface area contributed by atoms with E-state index in [9.17, 15) is 0 Å². The summed E-state index contributed by atoms with van der Waals surface area (Å²) in [6, 6.07) is 0. The zero-order chi connectivity index (χ0) is 14.5. The summed E-state index contributed by atoms with van der Waals surface area (Å²) in [6.45, 7) is 8.31. The molecule has 0 aliphatic heterocycles. The summed E-state index contributed by atoms with van der Waals surface area (Å²) in [5.74, 6) is 2.24. The van der Waals surface area contributed by atoms with Crippen LogP contribution in [0.1, 0.15) is 43.8 Å². The zero-order valence-electron chi connectivity index (χ0n) is 13.0. The number of aromatic nitrogens is 4. The summed E-state index contributed by atoms with van der Waals surface area (Å²) in [6.07, 6.45) is 7.12. The van der Waals surface area contributed by atoms with Gasteiger partial charge >= 0.3 is 0 Å². The summed E-state index contributed by atoms with van der Waals surface area (Å²) in [5.41, 5.74) is 2.35. The van der Waals surface area contributed by atoms with Gasteiger partial charge in [-0.05, 0) is 26.3 Å². The number of rotatable bonds is 7. The molecule has 0 unspecified atom stereocenters. The third kappa shape index (κ3) is 2.93. The fraction of sp³-hybridized carbons (Fsp3) is 0.600. The Morgan fingerprint density at radius 1 is 1.25 bits per heavy atom. The molecule has 5 heteroatoms. The van der Waals surface area contributed by atoms with Crippen molar-refractivity contribution in [3.05, 3.63) is 29.5 Å². The van der Waals surface area contributed by atoms with E-state index in [4.69, 9.17) is 0 Å². The minimum atomic E-state index is 0.854. The second kappa shape index (κ2) is 6.70. The van der Waals surface area contributed by atoms with Crippen LogP contribution in [0.2, 0.25) is 0 Å². The van der Waals surface area contributed by atoms with Crippen LogP contribution < -0.4 is 5.32 Å². The van der Waals surface area contributed by atoms with Crippen molar-refractivity contribution in [2.24, 2.45) is 7.05 Å². The predicted molar refractivity (Wildman–Crippen MR) is 81.1 cm³/mol. The maximum Gasteiger partial charge on any atom is 0.140 e. The van der Waals surface area contributed by atoms with Crippen LogP contribution in [0, 0.1) is 6.92 Å². The smallest absolute Gasteiger partial charge is 0.140 e. The lowest BCUT2D eigenvalue weighted by Crippen LogP contribution is -2.16. The van der Waals surface area contributed by atoms with E-state index in [1.807, 2.05) is 24.1 Å². The van der Waals surface area contributed by atoms with E-state index >= 15 is 0 Å². The van der Waals surface area contributed by atoms with Crippen molar-refractivity contribution in [3.8, 4) is 5.82 Å². The molecule has 110 valence electrons. The summed E-state index contributed by atoms with van der Waals surface area (Å²) < 4.78 is 4.13. The van der Waals surface area contributed by atoms with Crippen molar-refractivity contribution in [1.82, 2.24) is 24.6 Å². The largest absolute Gasteiger partial charge is 0.312 e. The minimum absolute atomic E-state index is 0.854. The Balaban J connectivity index is 2.36. The van der Waals surface area contributed by atoms with E-state index in [-0.39, 0.29) is 0 Å². The third-order valence-corrected chi connectivity index (χ3v) is 3.46. The maximum absolute atomic E-state index is 4.58. The normalized spacial score (nSPS) is 11.2. The van der Waals surface area contributed by atoms with Gasteiger partial charge in [0.2, 0.25) is 0 Å². The van der Waals surface area contributed by atoms with Gasteiger partial charge in [0.05, 0.1) is 5.69 Å². The zero-order valence-corrected chi connectivity index (χ0v) is 13.0. The third-order valence-electron chi connectivity index (χ3n) is 3.46. The molecule has 0 bridgehead atoms. The molecular formula is C15H25N5. The molecule has 2 rings (SSSR count). The highest BCUT2D eigenvalue weighted by Crippen LogP contribution is 2.20. The van der Waals surface area contributed by atoms with E-state index in [0.29, 0.717) is 0 Å². The molecule has 20 heavy (non-hydrogen) atoms. The molecule has 0 fully saturated rings. The lowest BCUT2D eigenvalue weighted by molar-refractivity contribution is 0.663. The minimum Gasteiger partial charge on any atom is -0.312 e. The average Bonchev–Trinajstić information content (AvgIpc) is 2.96. The number of imidazole rings is 1. The second-order valence-corrected chi connectivity index (χ2v) is 5.15. The number of nitrogens with one attached hydrogen (secondary N) is 1. The van der Waals surface area contributed by atoms with E-state index in [1.54, 1.807) is 0 Å². The fourth-order valence-electron chi connectivity index (χ4n) is 2.52. The van der Waals surface area contributed by atoms with Gasteiger partial charge in [-0.2, -0.15) is 5.10 Å². The molecule has 2 aromatic heterocycles. The van der Waals surface area contributed by atoms with E-state index < -0.39 is 0 Å². The molecule has 5 nitrogen and oxygen atoms in total. The first kappa shape index (κ1) is 14.8. The fourth-order valence-corrected chi connectivity index (χ4v) is 2.52. The first-order valence-corrected chi connectivity index (χ1v) is 7.44. The van der Waals surface area contributed by atoms with Crippen LogP contribution >= 0.6 is 0 Å². The average molecular weight is 275 g/mol. The maximum atomic E-state index is 4.58. The first-order valence-electron chi connectivity index (χ1n) is 7.44. The molecule has 2 aromatic rings. The molecule has 0 spiro atoms. The quantitative estimate of drug-likeness (QED) is 0.789. The van der Waals surface area contributed by atoms with Gasteiger partial charge in [-0.15, -0.1) is 0 Å². The van der Waals surface area contributed by atoms with Crippen molar-refractivity contribution in [2.45, 2.75) is 46.6 Å². The van der Waals surface area contributed by atoms with Crippen LogP contribution in [-0.4, -0.2) is 25.9 Å². The lowest BCUT2D eigenvalue weighted by Gasteiger charge is -2.11. The summed E-state index contributed by atoms with van der Waals surface area (Å²) in [4.78, 5) is 4.47. The summed E-state index contributed by atoms with van der Waals surface area (Å²) >= 11 is 0. The van der Waals surface area contributed by atoms with E-state index in [2.05, 4.69) is 40.7 Å². The molecular weight excluding hydrogens is 250 g/mol. The molecule has 0 amide bonds. The molecule has 0 aromatic carbocycles. The standard InChI is InChI=1S/C15H25N5/c1-5-7-14-17-9-10-20(14)15-13(11-16-8-6-2)12(3)18-19(15)4/h9-10,16H,5-8,11H2,1-4H3. The highest BCUT2D eigenvalue weighted by atomic mass is 15.3. The van der Waals surface area contributed by atoms with Gasteiger partial charge in [-0.25, -0.2) is 4.98 Å². The molecule has 0 radical (unpaired) electrons. The summed E-state index contributed by atoms with van der Waals surface area (Å²) in [7, 11) is 2.00. The van der Waals surface area contributed by atoms with Gasteiger partial charge in [-0.3, -0.25) is 9.25 Å². The van der Waals surface area contributed by atoms with Gasteiger partial charge in [0.1, 0.15) is 11.6 Å². The SMILES string of the molecule is CCCNCc1c(C)nn(C)c1-n1ccnc1CCC. The van der Waals surface area contributed by atoms with Crippen molar-refractivity contribution in [1.29, 1.82) is 0 Å². The number of hydrogen-bond donors (Lipinski definition) is 1. The van der Waals surface area contributed by atoms with Gasteiger partial charge in [0.25, 0.3) is 0 Å². The molecule has 0 saturated carbocycles. The van der Waals surface area contributed by atoms with Gasteiger partial charge in [0.15, 0.2) is 0 Å². The molecule has 1 N–H and O–H groups in total. The van der Waals surface area contributed by atoms with Crippen LogP contribution in [0.5, 0.6) is 0 Å². The van der Waals surface area contributed by atoms with E-state index in [1.165, 1.54) is 5.56 Å². The van der Waals surface area contributed by atoms with Crippen LogP contribution in [0.25, 0.3) is 5.82 Å². The molecule has 0 aliphatic carbocycles. The Bertz CT molecular complexity index is 553. The van der Waals surface area contributed by atoms with Crippen LogP contribution in [0.4, 0.5) is 0 Å². The Morgan fingerprint density at radius 3 is 2.75 bits per heavy atom. The van der Waals surface area contributed by atoms with Gasteiger partial charge in [0, 0.05) is 38.0 Å². The highest BCUT2D eigenvalue weighted by Gasteiger charge is 2.16. The topological polar surface area (TPSA) is 47.7 Å². The van der Waals surface area contributed by atoms with Crippen LogP contribution in [-0.2, 0) is 20.0 Å². The predicted octanol–water partition coefficient (Wildman–Crippen LogP) is 2.37. The molecule has 0 saturated heterocycles.